The van der Waals surface area contributed by atoms with E-state index in [4.69, 9.17) is 16.3 Å². The molecule has 1 N–H and O–H groups in total. The van der Waals surface area contributed by atoms with Gasteiger partial charge in [-0.1, -0.05) is 17.7 Å². The Kier molecular flexibility index (Phi) is 6.90. The van der Waals surface area contributed by atoms with Crippen molar-refractivity contribution >= 4 is 29.0 Å². The molecule has 27 heavy (non-hydrogen) atoms. The van der Waals surface area contributed by atoms with Crippen molar-refractivity contribution < 1.29 is 9.53 Å². The summed E-state index contributed by atoms with van der Waals surface area (Å²) >= 11 is 6.10. The molecule has 0 aliphatic carbocycles. The summed E-state index contributed by atoms with van der Waals surface area (Å²) in [6.07, 6.45) is 2.49. The first-order valence-electron chi connectivity index (χ1n) is 9.16. The number of hydrogen-bond donors (Lipinski definition) is 1. The summed E-state index contributed by atoms with van der Waals surface area (Å²) in [5.74, 6) is 0.762. The van der Waals surface area contributed by atoms with Gasteiger partial charge in [0.05, 0.1) is 0 Å². The standard InChI is InChI=1S/C20H25ClN4O2/c1-27-13-3-7-23-20(26)16-6-8-22-19(14-16)25-11-9-24(10-12-25)18-5-2-4-17(21)15-18/h2,4-6,8,14-15H,3,7,9-13H2,1H3,(H,23,26). The molecule has 0 atom stereocenters. The molecule has 1 aromatic heterocycles. The number of carbonyl (C=O) groups excluding carboxylic acids is 1. The number of amides is 1. The maximum atomic E-state index is 12.3. The highest BCUT2D eigenvalue weighted by Gasteiger charge is 2.19. The molecule has 0 spiro atoms. The molecule has 0 radical (unpaired) electrons. The van der Waals surface area contributed by atoms with Crippen molar-refractivity contribution in [3.8, 4) is 0 Å². The van der Waals surface area contributed by atoms with Gasteiger partial charge < -0.3 is 19.9 Å². The van der Waals surface area contributed by atoms with Gasteiger partial charge in [0, 0.05) is 68.9 Å². The number of pyridine rings is 1. The summed E-state index contributed by atoms with van der Waals surface area (Å²) in [5.41, 5.74) is 1.77. The van der Waals surface area contributed by atoms with E-state index in [9.17, 15) is 4.79 Å². The van der Waals surface area contributed by atoms with Gasteiger partial charge in [0.15, 0.2) is 0 Å². The average molecular weight is 389 g/mol. The molecule has 6 nitrogen and oxygen atoms in total. The second kappa shape index (κ2) is 9.58. The Balaban J connectivity index is 1.57. The van der Waals surface area contributed by atoms with Crippen molar-refractivity contribution in [3.05, 3.63) is 53.2 Å². The van der Waals surface area contributed by atoms with Crippen molar-refractivity contribution in [3.63, 3.8) is 0 Å². The van der Waals surface area contributed by atoms with E-state index < -0.39 is 0 Å². The number of anilines is 2. The fourth-order valence-electron chi connectivity index (χ4n) is 3.12. The van der Waals surface area contributed by atoms with Gasteiger partial charge in [-0.2, -0.15) is 0 Å². The monoisotopic (exact) mass is 388 g/mol. The molecule has 144 valence electrons. The van der Waals surface area contributed by atoms with Crippen molar-refractivity contribution in [2.45, 2.75) is 6.42 Å². The molecule has 0 saturated carbocycles. The molecule has 1 saturated heterocycles. The lowest BCUT2D eigenvalue weighted by Crippen LogP contribution is -2.46. The third kappa shape index (κ3) is 5.34. The summed E-state index contributed by atoms with van der Waals surface area (Å²) < 4.78 is 5.00. The van der Waals surface area contributed by atoms with Crippen LogP contribution in [-0.4, -0.2) is 57.3 Å². The van der Waals surface area contributed by atoms with Crippen LogP contribution in [0, 0.1) is 0 Å². The van der Waals surface area contributed by atoms with Crippen LogP contribution in [0.1, 0.15) is 16.8 Å². The van der Waals surface area contributed by atoms with E-state index in [1.165, 1.54) is 0 Å². The van der Waals surface area contributed by atoms with Gasteiger partial charge in [-0.25, -0.2) is 4.98 Å². The van der Waals surface area contributed by atoms with E-state index in [0.29, 0.717) is 18.7 Å². The predicted molar refractivity (Wildman–Crippen MR) is 109 cm³/mol. The minimum atomic E-state index is -0.0766. The molecule has 1 aliphatic heterocycles. The Morgan fingerprint density at radius 2 is 1.96 bits per heavy atom. The van der Waals surface area contributed by atoms with Gasteiger partial charge in [0.25, 0.3) is 5.91 Å². The van der Waals surface area contributed by atoms with Crippen LogP contribution in [0.25, 0.3) is 0 Å². The Labute approximate surface area is 165 Å². The number of ether oxygens (including phenoxy) is 1. The SMILES string of the molecule is COCCCNC(=O)c1ccnc(N2CCN(c3cccc(Cl)c3)CC2)c1. The van der Waals surface area contributed by atoms with Gasteiger partial charge >= 0.3 is 0 Å². The van der Waals surface area contributed by atoms with Crippen LogP contribution in [0.5, 0.6) is 0 Å². The highest BCUT2D eigenvalue weighted by molar-refractivity contribution is 6.30. The number of benzene rings is 1. The third-order valence-corrected chi connectivity index (χ3v) is 4.83. The van der Waals surface area contributed by atoms with E-state index in [1.807, 2.05) is 24.3 Å². The van der Waals surface area contributed by atoms with Crippen molar-refractivity contribution in [1.29, 1.82) is 0 Å². The molecule has 7 heteroatoms. The highest BCUT2D eigenvalue weighted by Crippen LogP contribution is 2.22. The van der Waals surface area contributed by atoms with E-state index in [2.05, 4.69) is 26.2 Å². The molecule has 1 aliphatic rings. The second-order valence-corrected chi connectivity index (χ2v) is 6.90. The molecule has 3 rings (SSSR count). The van der Waals surface area contributed by atoms with E-state index in [-0.39, 0.29) is 5.91 Å². The van der Waals surface area contributed by atoms with Crippen molar-refractivity contribution in [2.24, 2.45) is 0 Å². The smallest absolute Gasteiger partial charge is 0.251 e. The normalized spacial score (nSPS) is 14.3. The van der Waals surface area contributed by atoms with Gasteiger partial charge in [-0.15, -0.1) is 0 Å². The molecule has 1 amide bonds. The first-order valence-corrected chi connectivity index (χ1v) is 9.54. The lowest BCUT2D eigenvalue weighted by atomic mass is 10.2. The third-order valence-electron chi connectivity index (χ3n) is 4.60. The van der Waals surface area contributed by atoms with Crippen molar-refractivity contribution in [1.82, 2.24) is 10.3 Å². The summed E-state index contributed by atoms with van der Waals surface area (Å²) in [6, 6.07) is 11.5. The lowest BCUT2D eigenvalue weighted by Gasteiger charge is -2.36. The van der Waals surface area contributed by atoms with Gasteiger partial charge in [-0.05, 0) is 36.8 Å². The number of rotatable bonds is 7. The molecule has 2 aromatic rings. The highest BCUT2D eigenvalue weighted by atomic mass is 35.5. The number of piperazine rings is 1. The molecule has 1 fully saturated rings. The van der Waals surface area contributed by atoms with Gasteiger partial charge in [0.2, 0.25) is 0 Å². The number of hydrogen-bond acceptors (Lipinski definition) is 5. The minimum absolute atomic E-state index is 0.0766. The molecular formula is C20H25ClN4O2. The molecule has 0 bridgehead atoms. The Hall–Kier alpha value is -2.31. The number of nitrogens with one attached hydrogen (secondary N) is 1. The Morgan fingerprint density at radius 1 is 1.19 bits per heavy atom. The van der Waals surface area contributed by atoms with Crippen LogP contribution < -0.4 is 15.1 Å². The summed E-state index contributed by atoms with van der Waals surface area (Å²) in [5, 5.41) is 3.66. The molecular weight excluding hydrogens is 364 g/mol. The number of aromatic nitrogens is 1. The van der Waals surface area contributed by atoms with Crippen LogP contribution in [0.2, 0.25) is 5.02 Å². The second-order valence-electron chi connectivity index (χ2n) is 6.46. The first kappa shape index (κ1) is 19.5. The Bertz CT molecular complexity index is 763. The van der Waals surface area contributed by atoms with Gasteiger partial charge in [0.1, 0.15) is 5.82 Å². The first-order chi connectivity index (χ1) is 13.2. The fraction of sp³-hybridized carbons (Fsp3) is 0.400. The number of methoxy groups -OCH3 is 1. The van der Waals surface area contributed by atoms with E-state index in [1.54, 1.807) is 19.4 Å². The topological polar surface area (TPSA) is 57.7 Å². The number of halogens is 1. The van der Waals surface area contributed by atoms with Crippen LogP contribution in [0.15, 0.2) is 42.6 Å². The molecule has 1 aromatic carbocycles. The maximum Gasteiger partial charge on any atom is 0.251 e. The lowest BCUT2D eigenvalue weighted by molar-refractivity contribution is 0.0948. The zero-order valence-electron chi connectivity index (χ0n) is 15.5. The predicted octanol–water partition coefficient (Wildman–Crippen LogP) is 2.83. The van der Waals surface area contributed by atoms with Crippen LogP contribution in [0.3, 0.4) is 0 Å². The molecule has 2 heterocycles. The number of nitrogens with zero attached hydrogens (tertiary/aromatic N) is 3. The average Bonchev–Trinajstić information content (AvgIpc) is 2.71. The maximum absolute atomic E-state index is 12.3. The zero-order chi connectivity index (χ0) is 19.1. The number of carbonyl (C=O) groups is 1. The van der Waals surface area contributed by atoms with Crippen LogP contribution in [-0.2, 0) is 4.74 Å². The zero-order valence-corrected chi connectivity index (χ0v) is 16.3. The molecule has 0 unspecified atom stereocenters. The van der Waals surface area contributed by atoms with E-state index in [0.717, 1.165) is 49.1 Å². The van der Waals surface area contributed by atoms with Crippen LogP contribution in [0.4, 0.5) is 11.5 Å². The quantitative estimate of drug-likeness (QED) is 0.739. The van der Waals surface area contributed by atoms with E-state index >= 15 is 0 Å². The fourth-order valence-corrected chi connectivity index (χ4v) is 3.30. The minimum Gasteiger partial charge on any atom is -0.385 e. The largest absolute Gasteiger partial charge is 0.385 e. The van der Waals surface area contributed by atoms with Gasteiger partial charge in [-0.3, -0.25) is 4.79 Å². The van der Waals surface area contributed by atoms with Crippen LogP contribution >= 0.6 is 11.6 Å². The summed E-state index contributed by atoms with van der Waals surface area (Å²) in [6.45, 7) is 4.70. The van der Waals surface area contributed by atoms with Crippen molar-refractivity contribution in [2.75, 3.05) is 56.2 Å². The Morgan fingerprint density at radius 3 is 2.70 bits per heavy atom. The summed E-state index contributed by atoms with van der Waals surface area (Å²) in [4.78, 5) is 21.3. The summed E-state index contributed by atoms with van der Waals surface area (Å²) in [7, 11) is 1.66.